The molecule has 146 valence electrons. The Balaban J connectivity index is 1.96. The number of benzene rings is 1. The van der Waals surface area contributed by atoms with Crippen LogP contribution in [0, 0.1) is 5.41 Å². The molecule has 2 heterocycles. The molecule has 0 radical (unpaired) electrons. The van der Waals surface area contributed by atoms with Gasteiger partial charge in [-0.25, -0.2) is 9.97 Å². The second-order valence-electron chi connectivity index (χ2n) is 6.30. The Labute approximate surface area is 167 Å². The summed E-state index contributed by atoms with van der Waals surface area (Å²) in [5.41, 5.74) is 3.12. The number of nitrogens with one attached hydrogen (secondary N) is 4. The molecule has 0 aliphatic heterocycles. The lowest BCUT2D eigenvalue weighted by atomic mass is 10.1. The highest BCUT2D eigenvalue weighted by Gasteiger charge is 2.19. The van der Waals surface area contributed by atoms with Crippen LogP contribution in [0.4, 0.5) is 5.69 Å². The summed E-state index contributed by atoms with van der Waals surface area (Å²) in [4.78, 5) is 24.3. The lowest BCUT2D eigenvalue weighted by Gasteiger charge is -2.12. The molecule has 0 aliphatic rings. The first kappa shape index (κ1) is 19.8. The van der Waals surface area contributed by atoms with Crippen molar-refractivity contribution in [3.63, 3.8) is 0 Å². The number of amides is 1. The van der Waals surface area contributed by atoms with Gasteiger partial charge in [-0.1, -0.05) is 11.6 Å². The Bertz CT molecular complexity index is 1030. The van der Waals surface area contributed by atoms with Crippen molar-refractivity contribution in [2.24, 2.45) is 0 Å². The molecule has 3 aromatic rings. The van der Waals surface area contributed by atoms with Crippen molar-refractivity contribution < 1.29 is 9.53 Å². The highest BCUT2D eigenvalue weighted by Crippen LogP contribution is 2.23. The van der Waals surface area contributed by atoms with Crippen LogP contribution in [0.5, 0.6) is 0 Å². The summed E-state index contributed by atoms with van der Waals surface area (Å²) < 4.78 is 5.05. The number of H-pyrrole nitrogens is 1. The quantitative estimate of drug-likeness (QED) is 0.455. The summed E-state index contributed by atoms with van der Waals surface area (Å²) in [6.45, 7) is 2.25. The second kappa shape index (κ2) is 8.37. The van der Waals surface area contributed by atoms with E-state index in [2.05, 4.69) is 25.6 Å². The molecule has 4 N–H and O–H groups in total. The molecule has 8 nitrogen and oxygen atoms in total. The smallest absolute Gasteiger partial charge is 0.255 e. The normalized spacial score (nSPS) is 12.0. The van der Waals surface area contributed by atoms with E-state index < -0.39 is 0 Å². The summed E-state index contributed by atoms with van der Waals surface area (Å²) >= 11 is 6.03. The maximum Gasteiger partial charge on any atom is 0.255 e. The highest BCUT2D eigenvalue weighted by molar-refractivity contribution is 6.31. The van der Waals surface area contributed by atoms with E-state index in [0.29, 0.717) is 45.3 Å². The summed E-state index contributed by atoms with van der Waals surface area (Å²) in [6, 6.07) is 5.05. The molecule has 0 bridgehead atoms. The summed E-state index contributed by atoms with van der Waals surface area (Å²) in [6.07, 6.45) is 3.07. The molecule has 9 heteroatoms. The van der Waals surface area contributed by atoms with Crippen molar-refractivity contribution >= 4 is 40.1 Å². The van der Waals surface area contributed by atoms with Gasteiger partial charge >= 0.3 is 0 Å². The SMILES string of the molecule is CNc1cc(Cl)ccc1C(=N)c1cnc2[nH]cc(C(=O)NC(C)COC)c2n1. The fourth-order valence-corrected chi connectivity index (χ4v) is 3.03. The van der Waals surface area contributed by atoms with Crippen molar-refractivity contribution in [2.45, 2.75) is 13.0 Å². The molecular weight excluding hydrogens is 380 g/mol. The van der Waals surface area contributed by atoms with Crippen LogP contribution in [0.2, 0.25) is 5.02 Å². The molecule has 0 aliphatic carbocycles. The van der Waals surface area contributed by atoms with Crippen LogP contribution in [0.3, 0.4) is 0 Å². The number of fused-ring (bicyclic) bond motifs is 1. The molecule has 3 rings (SSSR count). The van der Waals surface area contributed by atoms with Gasteiger partial charge in [0, 0.05) is 42.7 Å². The van der Waals surface area contributed by atoms with E-state index in [1.807, 2.05) is 6.92 Å². The van der Waals surface area contributed by atoms with Gasteiger partial charge in [-0.05, 0) is 25.1 Å². The van der Waals surface area contributed by atoms with Crippen molar-refractivity contribution in [2.75, 3.05) is 26.1 Å². The van der Waals surface area contributed by atoms with Gasteiger partial charge < -0.3 is 20.4 Å². The third-order valence-corrected chi connectivity index (χ3v) is 4.43. The first-order chi connectivity index (χ1) is 13.4. The van der Waals surface area contributed by atoms with Crippen LogP contribution in [0.1, 0.15) is 28.5 Å². The van der Waals surface area contributed by atoms with Gasteiger partial charge in [0.2, 0.25) is 0 Å². The van der Waals surface area contributed by atoms with Gasteiger partial charge in [-0.15, -0.1) is 0 Å². The standard InChI is InChI=1S/C19H21ClN6O2/c1-10(9-28-3)25-19(27)13-7-23-18-17(13)26-15(8-24-18)16(21)12-5-4-11(20)6-14(12)22-2/h4-8,10,21-22H,9H2,1-3H3,(H,23,24)(H,25,27). The van der Waals surface area contributed by atoms with Gasteiger partial charge in [0.05, 0.1) is 24.1 Å². The third kappa shape index (κ3) is 3.97. The lowest BCUT2D eigenvalue weighted by molar-refractivity contribution is 0.0907. The molecule has 1 atom stereocenters. The number of halogens is 1. The fraction of sp³-hybridized carbons (Fsp3) is 0.263. The average Bonchev–Trinajstić information content (AvgIpc) is 3.10. The first-order valence-corrected chi connectivity index (χ1v) is 9.03. The molecule has 1 aromatic carbocycles. The highest BCUT2D eigenvalue weighted by atomic mass is 35.5. The molecule has 2 aromatic heterocycles. The van der Waals surface area contributed by atoms with E-state index in [9.17, 15) is 4.79 Å². The first-order valence-electron chi connectivity index (χ1n) is 8.65. The molecule has 0 saturated heterocycles. The monoisotopic (exact) mass is 400 g/mol. The zero-order valence-electron chi connectivity index (χ0n) is 15.8. The zero-order valence-corrected chi connectivity index (χ0v) is 16.5. The number of ether oxygens (including phenoxy) is 1. The van der Waals surface area contributed by atoms with Gasteiger partial charge in [-0.3, -0.25) is 10.2 Å². The number of aromatic nitrogens is 3. The topological polar surface area (TPSA) is 116 Å². The van der Waals surface area contributed by atoms with Crippen LogP contribution in [-0.4, -0.2) is 53.4 Å². The minimum Gasteiger partial charge on any atom is -0.388 e. The largest absolute Gasteiger partial charge is 0.388 e. The number of hydrogen-bond donors (Lipinski definition) is 4. The van der Waals surface area contributed by atoms with Crippen LogP contribution < -0.4 is 10.6 Å². The van der Waals surface area contributed by atoms with E-state index in [4.69, 9.17) is 21.7 Å². The predicted molar refractivity (Wildman–Crippen MR) is 110 cm³/mol. The number of carbonyl (C=O) groups is 1. The average molecular weight is 401 g/mol. The Morgan fingerprint density at radius 2 is 2.18 bits per heavy atom. The zero-order chi connectivity index (χ0) is 20.3. The maximum atomic E-state index is 12.6. The number of hydrogen-bond acceptors (Lipinski definition) is 6. The maximum absolute atomic E-state index is 12.6. The van der Waals surface area contributed by atoms with Gasteiger partial charge in [-0.2, -0.15) is 0 Å². The van der Waals surface area contributed by atoms with E-state index >= 15 is 0 Å². The molecule has 1 unspecified atom stereocenters. The summed E-state index contributed by atoms with van der Waals surface area (Å²) in [5, 5.41) is 15.0. The molecule has 0 spiro atoms. The minimum atomic E-state index is -0.281. The second-order valence-corrected chi connectivity index (χ2v) is 6.74. The van der Waals surface area contributed by atoms with Crippen molar-refractivity contribution in [3.05, 3.63) is 52.4 Å². The summed E-state index contributed by atoms with van der Waals surface area (Å²) in [5.74, 6) is -0.281. The van der Waals surface area contributed by atoms with E-state index in [1.54, 1.807) is 38.6 Å². The molecule has 0 fully saturated rings. The minimum absolute atomic E-state index is 0.149. The Morgan fingerprint density at radius 3 is 2.89 bits per heavy atom. The van der Waals surface area contributed by atoms with Crippen molar-refractivity contribution in [3.8, 4) is 0 Å². The lowest BCUT2D eigenvalue weighted by Crippen LogP contribution is -2.35. The fourth-order valence-electron chi connectivity index (χ4n) is 2.86. The van der Waals surface area contributed by atoms with Crippen LogP contribution in [-0.2, 0) is 4.74 Å². The van der Waals surface area contributed by atoms with E-state index in [0.717, 1.165) is 0 Å². The van der Waals surface area contributed by atoms with E-state index in [-0.39, 0.29) is 17.7 Å². The van der Waals surface area contributed by atoms with Crippen LogP contribution in [0.25, 0.3) is 11.2 Å². The number of methoxy groups -OCH3 is 1. The number of aromatic amines is 1. The van der Waals surface area contributed by atoms with Gasteiger partial charge in [0.25, 0.3) is 5.91 Å². The molecule has 28 heavy (non-hydrogen) atoms. The molecule has 0 saturated carbocycles. The number of carbonyl (C=O) groups excluding carboxylic acids is 1. The molecule has 1 amide bonds. The third-order valence-electron chi connectivity index (χ3n) is 4.20. The van der Waals surface area contributed by atoms with Gasteiger partial charge in [0.1, 0.15) is 11.2 Å². The Kier molecular flexibility index (Phi) is 5.91. The van der Waals surface area contributed by atoms with Crippen molar-refractivity contribution in [1.82, 2.24) is 20.3 Å². The van der Waals surface area contributed by atoms with Crippen molar-refractivity contribution in [1.29, 1.82) is 5.41 Å². The van der Waals surface area contributed by atoms with Gasteiger partial charge in [0.15, 0.2) is 5.65 Å². The predicted octanol–water partition coefficient (Wildman–Crippen LogP) is 2.83. The Morgan fingerprint density at radius 1 is 1.39 bits per heavy atom. The van der Waals surface area contributed by atoms with Crippen LogP contribution in [0.15, 0.2) is 30.6 Å². The Hall–Kier alpha value is -2.97. The molecular formula is C19H21ClN6O2. The van der Waals surface area contributed by atoms with Crippen LogP contribution >= 0.6 is 11.6 Å². The van der Waals surface area contributed by atoms with E-state index in [1.165, 1.54) is 6.20 Å². The number of anilines is 1. The summed E-state index contributed by atoms with van der Waals surface area (Å²) in [7, 11) is 3.33. The number of rotatable bonds is 7. The number of nitrogens with zero attached hydrogens (tertiary/aromatic N) is 2.